The van der Waals surface area contributed by atoms with Gasteiger partial charge in [-0.3, -0.25) is 0 Å². The predicted molar refractivity (Wildman–Crippen MR) is 99.6 cm³/mol. The van der Waals surface area contributed by atoms with Gasteiger partial charge < -0.3 is 0 Å². The average Bonchev–Trinajstić information content (AvgIpc) is 2.63. The van der Waals surface area contributed by atoms with E-state index >= 15 is 0 Å². The number of sulfone groups is 1. The SMILES string of the molecule is O=S(=O)(c1ccccc1)C1CCN(S(=O)(=O)c2ccccc2Br)CC1. The van der Waals surface area contributed by atoms with Gasteiger partial charge in [0.2, 0.25) is 10.0 Å². The molecule has 0 radical (unpaired) electrons. The molecule has 5 nitrogen and oxygen atoms in total. The lowest BCUT2D eigenvalue weighted by Gasteiger charge is -2.31. The molecule has 1 aliphatic rings. The quantitative estimate of drug-likeness (QED) is 0.727. The third-order valence-electron chi connectivity index (χ3n) is 4.37. The molecule has 0 spiro atoms. The van der Waals surface area contributed by atoms with Gasteiger partial charge in [-0.05, 0) is 53.0 Å². The van der Waals surface area contributed by atoms with E-state index in [0.717, 1.165) is 0 Å². The van der Waals surface area contributed by atoms with Gasteiger partial charge >= 0.3 is 0 Å². The second kappa shape index (κ2) is 7.19. The van der Waals surface area contributed by atoms with Crippen LogP contribution in [0.3, 0.4) is 0 Å². The van der Waals surface area contributed by atoms with Crippen molar-refractivity contribution in [3.05, 3.63) is 59.1 Å². The number of nitrogens with zero attached hydrogens (tertiary/aromatic N) is 1. The Morgan fingerprint density at radius 2 is 1.40 bits per heavy atom. The molecule has 1 saturated heterocycles. The van der Waals surface area contributed by atoms with Gasteiger partial charge in [-0.25, -0.2) is 16.8 Å². The van der Waals surface area contributed by atoms with Gasteiger partial charge in [0.1, 0.15) is 0 Å². The maximum Gasteiger partial charge on any atom is 0.244 e. The first-order valence-electron chi connectivity index (χ1n) is 7.87. The first-order chi connectivity index (χ1) is 11.8. The van der Waals surface area contributed by atoms with Gasteiger partial charge in [0.15, 0.2) is 9.84 Å². The molecule has 25 heavy (non-hydrogen) atoms. The van der Waals surface area contributed by atoms with E-state index < -0.39 is 25.1 Å². The molecule has 8 heteroatoms. The van der Waals surface area contributed by atoms with Crippen LogP contribution in [-0.2, 0) is 19.9 Å². The second-order valence-electron chi connectivity index (χ2n) is 5.89. The van der Waals surface area contributed by atoms with Crippen molar-refractivity contribution in [2.75, 3.05) is 13.1 Å². The summed E-state index contributed by atoms with van der Waals surface area (Å²) in [5.41, 5.74) is 0. The van der Waals surface area contributed by atoms with Gasteiger partial charge in [-0.15, -0.1) is 0 Å². The van der Waals surface area contributed by atoms with Gasteiger partial charge in [-0.2, -0.15) is 4.31 Å². The van der Waals surface area contributed by atoms with Gasteiger partial charge in [0, 0.05) is 17.6 Å². The first-order valence-corrected chi connectivity index (χ1v) is 11.6. The molecule has 3 rings (SSSR count). The number of hydrogen-bond donors (Lipinski definition) is 0. The van der Waals surface area contributed by atoms with Crippen LogP contribution >= 0.6 is 15.9 Å². The highest BCUT2D eigenvalue weighted by Crippen LogP contribution is 2.30. The Morgan fingerprint density at radius 3 is 2.00 bits per heavy atom. The fraction of sp³-hybridized carbons (Fsp3) is 0.294. The molecular weight excluding hydrogens is 426 g/mol. The van der Waals surface area contributed by atoms with E-state index in [1.165, 1.54) is 4.31 Å². The molecule has 0 atom stereocenters. The fourth-order valence-corrected chi connectivity index (χ4v) is 7.16. The second-order valence-corrected chi connectivity index (χ2v) is 10.9. The number of sulfonamides is 1. The summed E-state index contributed by atoms with van der Waals surface area (Å²) < 4.78 is 52.8. The molecular formula is C17H18BrNO4S2. The number of piperidine rings is 1. The van der Waals surface area contributed by atoms with E-state index in [2.05, 4.69) is 15.9 Å². The van der Waals surface area contributed by atoms with Crippen molar-refractivity contribution in [3.8, 4) is 0 Å². The topological polar surface area (TPSA) is 71.5 Å². The summed E-state index contributed by atoms with van der Waals surface area (Å²) in [6.45, 7) is 0.390. The lowest BCUT2D eigenvalue weighted by molar-refractivity contribution is 0.345. The highest BCUT2D eigenvalue weighted by molar-refractivity contribution is 9.10. The Hall–Kier alpha value is -1.22. The van der Waals surface area contributed by atoms with E-state index in [9.17, 15) is 16.8 Å². The average molecular weight is 444 g/mol. The molecule has 0 N–H and O–H groups in total. The van der Waals surface area contributed by atoms with Crippen LogP contribution in [0.5, 0.6) is 0 Å². The molecule has 1 aliphatic heterocycles. The van der Waals surface area contributed by atoms with Gasteiger partial charge in [0.05, 0.1) is 15.0 Å². The fourth-order valence-electron chi connectivity index (χ4n) is 2.98. The van der Waals surface area contributed by atoms with Crippen molar-refractivity contribution in [1.82, 2.24) is 4.31 Å². The molecule has 0 unspecified atom stereocenters. The van der Waals surface area contributed by atoms with Crippen molar-refractivity contribution in [1.29, 1.82) is 0 Å². The van der Waals surface area contributed by atoms with E-state index in [1.54, 1.807) is 54.6 Å². The first kappa shape index (κ1) is 18.6. The third-order valence-corrected chi connectivity index (χ3v) is 9.56. The van der Waals surface area contributed by atoms with Gasteiger partial charge in [0.25, 0.3) is 0 Å². The molecule has 2 aromatic carbocycles. The molecule has 0 amide bonds. The highest BCUT2D eigenvalue weighted by atomic mass is 79.9. The Bertz CT molecular complexity index is 951. The van der Waals surface area contributed by atoms with E-state index in [4.69, 9.17) is 0 Å². The van der Waals surface area contributed by atoms with Crippen LogP contribution in [0, 0.1) is 0 Å². The Morgan fingerprint density at radius 1 is 0.840 bits per heavy atom. The van der Waals surface area contributed by atoms with Crippen LogP contribution in [0.2, 0.25) is 0 Å². The lowest BCUT2D eigenvalue weighted by Crippen LogP contribution is -2.42. The van der Waals surface area contributed by atoms with E-state index in [0.29, 0.717) is 22.2 Å². The summed E-state index contributed by atoms with van der Waals surface area (Å²) in [5, 5.41) is -0.555. The predicted octanol–water partition coefficient (Wildman–Crippen LogP) is 3.08. The Labute approximate surface area is 156 Å². The summed E-state index contributed by atoms with van der Waals surface area (Å²) in [4.78, 5) is 0.501. The standard InChI is InChI=1S/C17H18BrNO4S2/c18-16-8-4-5-9-17(16)25(22,23)19-12-10-15(11-13-19)24(20,21)14-6-2-1-3-7-14/h1-9,15H,10-13H2. The molecule has 0 bridgehead atoms. The molecule has 0 saturated carbocycles. The van der Waals surface area contributed by atoms with Crippen LogP contribution in [0.1, 0.15) is 12.8 Å². The number of rotatable bonds is 4. The molecule has 2 aromatic rings. The number of hydrogen-bond acceptors (Lipinski definition) is 4. The normalized spacial score (nSPS) is 17.5. The third kappa shape index (κ3) is 3.67. The summed E-state index contributed by atoms with van der Waals surface area (Å²) >= 11 is 3.27. The zero-order valence-corrected chi connectivity index (χ0v) is 16.6. The van der Waals surface area contributed by atoms with Crippen LogP contribution in [0.15, 0.2) is 68.9 Å². The van der Waals surface area contributed by atoms with Crippen molar-refractivity contribution >= 4 is 35.8 Å². The Balaban J connectivity index is 1.77. The van der Waals surface area contributed by atoms with Crippen LogP contribution in [0.4, 0.5) is 0 Å². The molecule has 1 fully saturated rings. The summed E-state index contributed by atoms with van der Waals surface area (Å²) in [7, 11) is -7.07. The summed E-state index contributed by atoms with van der Waals surface area (Å²) in [6, 6.07) is 15.0. The van der Waals surface area contributed by atoms with Crippen molar-refractivity contribution in [2.45, 2.75) is 27.9 Å². The maximum atomic E-state index is 12.8. The largest absolute Gasteiger partial charge is 0.244 e. The zero-order valence-electron chi connectivity index (χ0n) is 13.4. The molecule has 0 aliphatic carbocycles. The van der Waals surface area contributed by atoms with Crippen LogP contribution < -0.4 is 0 Å². The lowest BCUT2D eigenvalue weighted by atomic mass is 10.2. The zero-order chi connectivity index (χ0) is 18.1. The minimum absolute atomic E-state index is 0.195. The summed E-state index contributed by atoms with van der Waals surface area (Å²) in [6.07, 6.45) is 0.585. The highest BCUT2D eigenvalue weighted by Gasteiger charge is 2.36. The molecule has 0 aromatic heterocycles. The van der Waals surface area contributed by atoms with Crippen molar-refractivity contribution < 1.29 is 16.8 Å². The summed E-state index contributed by atoms with van der Waals surface area (Å²) in [5.74, 6) is 0. The van der Waals surface area contributed by atoms with Crippen molar-refractivity contribution in [3.63, 3.8) is 0 Å². The van der Waals surface area contributed by atoms with E-state index in [-0.39, 0.29) is 18.0 Å². The molecule has 134 valence electrons. The Kier molecular flexibility index (Phi) is 5.34. The molecule has 1 heterocycles. The van der Waals surface area contributed by atoms with Crippen LogP contribution in [0.25, 0.3) is 0 Å². The maximum absolute atomic E-state index is 12.8. The van der Waals surface area contributed by atoms with Crippen molar-refractivity contribution in [2.24, 2.45) is 0 Å². The minimum atomic E-state index is -3.63. The monoisotopic (exact) mass is 443 g/mol. The number of halogens is 1. The smallest absolute Gasteiger partial charge is 0.223 e. The van der Waals surface area contributed by atoms with Crippen LogP contribution in [-0.4, -0.2) is 39.5 Å². The minimum Gasteiger partial charge on any atom is -0.223 e. The number of benzene rings is 2. The van der Waals surface area contributed by atoms with E-state index in [1.807, 2.05) is 0 Å². The van der Waals surface area contributed by atoms with Gasteiger partial charge in [-0.1, -0.05) is 30.3 Å².